The lowest BCUT2D eigenvalue weighted by molar-refractivity contribution is 0.686. The fourth-order valence-corrected chi connectivity index (χ4v) is 5.00. The number of hydrogen-bond acceptors (Lipinski definition) is 3. The molecule has 94 valence electrons. The molecule has 0 aromatic heterocycles. The van der Waals surface area contributed by atoms with Crippen molar-refractivity contribution in [1.29, 1.82) is 0 Å². The second-order valence-corrected chi connectivity index (χ2v) is 8.21. The van der Waals surface area contributed by atoms with Gasteiger partial charge < -0.3 is 5.32 Å². The van der Waals surface area contributed by atoms with E-state index in [0.717, 1.165) is 27.3 Å². The third-order valence-corrected chi connectivity index (χ3v) is 7.29. The normalized spacial score (nSPS) is 20.5. The van der Waals surface area contributed by atoms with E-state index in [-0.39, 0.29) is 0 Å². The van der Waals surface area contributed by atoms with E-state index in [0.29, 0.717) is 0 Å². The van der Waals surface area contributed by atoms with Crippen LogP contribution in [0.2, 0.25) is 0 Å². The van der Waals surface area contributed by atoms with E-state index in [9.17, 15) is 0 Å². The van der Waals surface area contributed by atoms with E-state index in [2.05, 4.69) is 78.9 Å². The largest absolute Gasteiger partial charge is 0.312 e. The zero-order valence-electron chi connectivity index (χ0n) is 9.42. The molecule has 2 rings (SSSR count). The predicted molar refractivity (Wildman–Crippen MR) is 87.1 cm³/mol. The summed E-state index contributed by atoms with van der Waals surface area (Å²) < 4.78 is 2.24. The van der Waals surface area contributed by atoms with Gasteiger partial charge in [-0.3, -0.25) is 0 Å². The number of hydrogen-bond donors (Lipinski definition) is 1. The van der Waals surface area contributed by atoms with Crippen molar-refractivity contribution in [2.45, 2.75) is 11.8 Å². The van der Waals surface area contributed by atoms with Crippen molar-refractivity contribution in [3.8, 4) is 0 Å². The second kappa shape index (κ2) is 7.43. The summed E-state index contributed by atoms with van der Waals surface area (Å²) >= 11 is 11.2. The number of thioether (sulfide) groups is 2. The molecule has 1 aliphatic heterocycles. The number of nitrogens with one attached hydrogen (secondary N) is 1. The topological polar surface area (TPSA) is 12.0 Å². The van der Waals surface area contributed by atoms with Crippen LogP contribution in [0.3, 0.4) is 0 Å². The van der Waals surface area contributed by atoms with Gasteiger partial charge in [-0.25, -0.2) is 0 Å². The molecule has 1 atom stereocenters. The Labute approximate surface area is 128 Å². The molecule has 1 fully saturated rings. The van der Waals surface area contributed by atoms with Crippen LogP contribution in [-0.4, -0.2) is 29.1 Å². The zero-order valence-corrected chi connectivity index (χ0v) is 14.2. The molecule has 0 spiro atoms. The van der Waals surface area contributed by atoms with Crippen LogP contribution < -0.4 is 5.32 Å². The summed E-state index contributed by atoms with van der Waals surface area (Å²) in [6.45, 7) is 2.07. The lowest BCUT2D eigenvalue weighted by atomic mass is 10.2. The molecule has 0 bridgehead atoms. The Balaban J connectivity index is 1.75. The van der Waals surface area contributed by atoms with Crippen LogP contribution in [0.25, 0.3) is 0 Å². The summed E-state index contributed by atoms with van der Waals surface area (Å²) in [6, 6.07) is 6.41. The highest BCUT2D eigenvalue weighted by atomic mass is 79.9. The molecule has 0 aliphatic carbocycles. The van der Waals surface area contributed by atoms with Gasteiger partial charge in [-0.1, -0.05) is 6.07 Å². The van der Waals surface area contributed by atoms with Crippen molar-refractivity contribution >= 4 is 55.4 Å². The Hall–Kier alpha value is 0.840. The summed E-state index contributed by atoms with van der Waals surface area (Å²) in [6.07, 6.45) is 0. The van der Waals surface area contributed by atoms with E-state index in [1.807, 2.05) is 0 Å². The number of halogens is 2. The molecular weight excluding hydrogens is 382 g/mol. The van der Waals surface area contributed by atoms with Gasteiger partial charge in [0.2, 0.25) is 0 Å². The van der Waals surface area contributed by atoms with Gasteiger partial charge in [0, 0.05) is 44.5 Å². The van der Waals surface area contributed by atoms with Crippen molar-refractivity contribution in [2.75, 3.05) is 23.8 Å². The molecule has 0 radical (unpaired) electrons. The maximum atomic E-state index is 3.55. The quantitative estimate of drug-likeness (QED) is 0.820. The Kier molecular flexibility index (Phi) is 6.23. The summed E-state index contributed by atoms with van der Waals surface area (Å²) in [4.78, 5) is 0. The molecule has 1 saturated heterocycles. The van der Waals surface area contributed by atoms with Gasteiger partial charge in [-0.15, -0.1) is 0 Å². The second-order valence-electron chi connectivity index (χ2n) is 3.95. The molecule has 0 saturated carbocycles. The highest BCUT2D eigenvalue weighted by Gasteiger charge is 2.13. The van der Waals surface area contributed by atoms with E-state index in [4.69, 9.17) is 0 Å². The van der Waals surface area contributed by atoms with E-state index < -0.39 is 0 Å². The molecule has 1 unspecified atom stereocenters. The number of rotatable bonds is 4. The van der Waals surface area contributed by atoms with Crippen LogP contribution >= 0.6 is 55.4 Å². The first-order valence-electron chi connectivity index (χ1n) is 5.59. The summed E-state index contributed by atoms with van der Waals surface area (Å²) in [7, 11) is 0. The maximum absolute atomic E-state index is 3.55. The average molecular weight is 397 g/mol. The minimum atomic E-state index is 0.785. The van der Waals surface area contributed by atoms with E-state index in [1.54, 1.807) is 0 Å². The number of benzene rings is 1. The van der Waals surface area contributed by atoms with Crippen molar-refractivity contribution in [1.82, 2.24) is 5.32 Å². The van der Waals surface area contributed by atoms with Gasteiger partial charge >= 0.3 is 0 Å². The Morgan fingerprint density at radius 1 is 1.24 bits per heavy atom. The predicted octanol–water partition coefficient (Wildman–Crippen LogP) is 4.15. The molecular formula is C12H15Br2NS2. The van der Waals surface area contributed by atoms with E-state index in [1.165, 1.54) is 22.8 Å². The minimum Gasteiger partial charge on any atom is -0.312 e. The lowest BCUT2D eigenvalue weighted by Gasteiger charge is -2.21. The van der Waals surface area contributed by atoms with Crippen molar-refractivity contribution in [3.05, 3.63) is 32.7 Å². The Morgan fingerprint density at radius 2 is 2.12 bits per heavy atom. The first kappa shape index (κ1) is 14.3. The Bertz CT molecular complexity index is 368. The highest BCUT2D eigenvalue weighted by Crippen LogP contribution is 2.25. The molecule has 17 heavy (non-hydrogen) atoms. The average Bonchev–Trinajstić information content (AvgIpc) is 2.35. The van der Waals surface area contributed by atoms with Crippen LogP contribution in [0.1, 0.15) is 5.56 Å². The van der Waals surface area contributed by atoms with Crippen LogP contribution in [0.15, 0.2) is 27.1 Å². The molecule has 0 amide bonds. The standard InChI is InChI=1S/C12H15Br2NS2/c13-11-2-1-9(5-12(11)14)6-15-7-10-8-16-3-4-17-10/h1-2,5,10,15H,3-4,6-8H2. The van der Waals surface area contributed by atoms with Crippen LogP contribution in [0.4, 0.5) is 0 Å². The SMILES string of the molecule is Brc1ccc(CNCC2CSCCS2)cc1Br. The molecule has 1 heterocycles. The van der Waals surface area contributed by atoms with Crippen molar-refractivity contribution in [3.63, 3.8) is 0 Å². The molecule has 1 nitrogen and oxygen atoms in total. The lowest BCUT2D eigenvalue weighted by Crippen LogP contribution is -2.28. The van der Waals surface area contributed by atoms with Crippen molar-refractivity contribution < 1.29 is 0 Å². The zero-order chi connectivity index (χ0) is 12.1. The third-order valence-electron chi connectivity index (χ3n) is 2.57. The third kappa shape index (κ3) is 4.78. The van der Waals surface area contributed by atoms with E-state index >= 15 is 0 Å². The molecule has 1 N–H and O–H groups in total. The van der Waals surface area contributed by atoms with Gasteiger partial charge in [0.1, 0.15) is 0 Å². The summed E-state index contributed by atoms with van der Waals surface area (Å²) in [5.41, 5.74) is 1.33. The van der Waals surface area contributed by atoms with Crippen LogP contribution in [-0.2, 0) is 6.54 Å². The van der Waals surface area contributed by atoms with Crippen molar-refractivity contribution in [2.24, 2.45) is 0 Å². The smallest absolute Gasteiger partial charge is 0.0320 e. The van der Waals surface area contributed by atoms with Gasteiger partial charge in [-0.05, 0) is 49.6 Å². The fraction of sp³-hybridized carbons (Fsp3) is 0.500. The molecule has 1 aromatic rings. The van der Waals surface area contributed by atoms with Gasteiger partial charge in [-0.2, -0.15) is 23.5 Å². The van der Waals surface area contributed by atoms with Gasteiger partial charge in [0.15, 0.2) is 0 Å². The molecule has 1 aliphatic rings. The maximum Gasteiger partial charge on any atom is 0.0320 e. The molecule has 5 heteroatoms. The monoisotopic (exact) mass is 395 g/mol. The highest BCUT2D eigenvalue weighted by molar-refractivity contribution is 9.13. The molecule has 1 aromatic carbocycles. The Morgan fingerprint density at radius 3 is 2.82 bits per heavy atom. The first-order valence-corrected chi connectivity index (χ1v) is 9.38. The first-order chi connectivity index (χ1) is 8.25. The van der Waals surface area contributed by atoms with Crippen LogP contribution in [0.5, 0.6) is 0 Å². The van der Waals surface area contributed by atoms with Crippen LogP contribution in [0, 0.1) is 0 Å². The fourth-order valence-electron chi connectivity index (χ4n) is 1.68. The van der Waals surface area contributed by atoms with Gasteiger partial charge in [0.25, 0.3) is 0 Å². The minimum absolute atomic E-state index is 0.785. The summed E-state index contributed by atoms with van der Waals surface area (Å²) in [5, 5.41) is 4.33. The van der Waals surface area contributed by atoms with Gasteiger partial charge in [0.05, 0.1) is 0 Å². The summed E-state index contributed by atoms with van der Waals surface area (Å²) in [5.74, 6) is 3.92.